The SMILES string of the molecule is CC(F)C(=O)N1CC2(CC2)C(NS(C)(=O)=O)C1Cc1cccc(C2=CCCC=C2)c1. The maximum atomic E-state index is 14.0. The second-order valence-corrected chi connectivity index (χ2v) is 10.7. The molecule has 2 aliphatic carbocycles. The maximum Gasteiger partial charge on any atom is 0.257 e. The van der Waals surface area contributed by atoms with E-state index in [1.807, 2.05) is 12.1 Å². The summed E-state index contributed by atoms with van der Waals surface area (Å²) in [6.07, 6.45) is 10.3. The van der Waals surface area contributed by atoms with E-state index in [0.29, 0.717) is 13.0 Å². The van der Waals surface area contributed by atoms with Gasteiger partial charge >= 0.3 is 0 Å². The number of hydrogen-bond donors (Lipinski definition) is 1. The van der Waals surface area contributed by atoms with Crippen molar-refractivity contribution in [3.8, 4) is 0 Å². The van der Waals surface area contributed by atoms with E-state index < -0.39 is 34.2 Å². The molecule has 1 N–H and O–H groups in total. The van der Waals surface area contributed by atoms with Gasteiger partial charge in [-0.25, -0.2) is 17.5 Å². The number of rotatable bonds is 6. The monoisotopic (exact) mass is 432 g/mol. The minimum atomic E-state index is -3.46. The molecule has 5 nitrogen and oxygen atoms in total. The van der Waals surface area contributed by atoms with Crippen LogP contribution in [0.5, 0.6) is 0 Å². The first-order chi connectivity index (χ1) is 14.2. The molecule has 1 amide bonds. The zero-order chi connectivity index (χ0) is 21.5. The van der Waals surface area contributed by atoms with Gasteiger partial charge in [-0.2, -0.15) is 0 Å². The standard InChI is InChI=1S/C23H29FN2O3S/c1-16(24)22(27)26-15-23(11-12-23)21(25-30(2,28)29)20(26)14-17-7-6-10-19(13-17)18-8-4-3-5-9-18/h4,6-10,13,16,20-21,25H,3,5,11-12,14-15H2,1-2H3. The van der Waals surface area contributed by atoms with Gasteiger partial charge in [0.2, 0.25) is 10.0 Å². The lowest BCUT2D eigenvalue weighted by atomic mass is 9.91. The van der Waals surface area contributed by atoms with Crippen LogP contribution in [0, 0.1) is 5.41 Å². The summed E-state index contributed by atoms with van der Waals surface area (Å²) in [5, 5.41) is 0. The van der Waals surface area contributed by atoms with Gasteiger partial charge < -0.3 is 4.90 Å². The molecule has 1 saturated heterocycles. The fourth-order valence-electron chi connectivity index (χ4n) is 4.85. The van der Waals surface area contributed by atoms with E-state index in [0.717, 1.165) is 43.1 Å². The Morgan fingerprint density at radius 2 is 2.10 bits per heavy atom. The Morgan fingerprint density at radius 3 is 2.70 bits per heavy atom. The Balaban J connectivity index is 1.65. The Morgan fingerprint density at radius 1 is 1.33 bits per heavy atom. The lowest BCUT2D eigenvalue weighted by Gasteiger charge is -2.29. The molecular weight excluding hydrogens is 403 g/mol. The second kappa shape index (κ2) is 7.93. The number of hydrogen-bond acceptors (Lipinski definition) is 3. The Hall–Kier alpha value is -1.99. The van der Waals surface area contributed by atoms with Crippen molar-refractivity contribution in [2.75, 3.05) is 12.8 Å². The highest BCUT2D eigenvalue weighted by Crippen LogP contribution is 2.55. The number of halogens is 1. The summed E-state index contributed by atoms with van der Waals surface area (Å²) >= 11 is 0. The molecule has 3 aliphatic rings. The molecule has 1 spiro atoms. The third kappa shape index (κ3) is 4.37. The van der Waals surface area contributed by atoms with Gasteiger partial charge in [-0.15, -0.1) is 0 Å². The van der Waals surface area contributed by atoms with Crippen molar-refractivity contribution in [2.24, 2.45) is 5.41 Å². The zero-order valence-electron chi connectivity index (χ0n) is 17.5. The molecule has 7 heteroatoms. The van der Waals surface area contributed by atoms with E-state index >= 15 is 0 Å². The van der Waals surface area contributed by atoms with E-state index in [4.69, 9.17) is 0 Å². The van der Waals surface area contributed by atoms with E-state index in [9.17, 15) is 17.6 Å². The third-order valence-corrected chi connectivity index (χ3v) is 7.17. The summed E-state index contributed by atoms with van der Waals surface area (Å²) in [6.45, 7) is 1.66. The first-order valence-electron chi connectivity index (χ1n) is 10.6. The van der Waals surface area contributed by atoms with E-state index in [1.54, 1.807) is 4.90 Å². The lowest BCUT2D eigenvalue weighted by Crippen LogP contribution is -2.50. The van der Waals surface area contributed by atoms with Crippen LogP contribution in [-0.2, 0) is 21.2 Å². The first kappa shape index (κ1) is 21.2. The van der Waals surface area contributed by atoms with Gasteiger partial charge in [-0.3, -0.25) is 4.79 Å². The number of nitrogens with zero attached hydrogens (tertiary/aromatic N) is 1. The maximum absolute atomic E-state index is 14.0. The predicted octanol–water partition coefficient (Wildman–Crippen LogP) is 3.23. The average Bonchev–Trinajstić information content (AvgIpc) is 3.43. The quantitative estimate of drug-likeness (QED) is 0.751. The lowest BCUT2D eigenvalue weighted by molar-refractivity contribution is -0.137. The Labute approximate surface area is 178 Å². The van der Waals surface area contributed by atoms with Crippen LogP contribution in [0.25, 0.3) is 5.57 Å². The van der Waals surface area contributed by atoms with Crippen LogP contribution in [0.2, 0.25) is 0 Å². The molecular formula is C23H29FN2O3S. The summed E-state index contributed by atoms with van der Waals surface area (Å²) in [4.78, 5) is 14.2. The van der Waals surface area contributed by atoms with Crippen LogP contribution in [0.4, 0.5) is 4.39 Å². The van der Waals surface area contributed by atoms with Crippen LogP contribution in [-0.4, -0.2) is 50.3 Å². The summed E-state index contributed by atoms with van der Waals surface area (Å²) in [6, 6.07) is 7.33. The van der Waals surface area contributed by atoms with Gasteiger partial charge in [0.05, 0.1) is 12.3 Å². The van der Waals surface area contributed by atoms with Crippen molar-refractivity contribution in [1.29, 1.82) is 0 Å². The van der Waals surface area contributed by atoms with Gasteiger partial charge in [-0.05, 0) is 55.7 Å². The molecule has 2 fully saturated rings. The molecule has 4 rings (SSSR count). The largest absolute Gasteiger partial charge is 0.335 e. The number of benzene rings is 1. The van der Waals surface area contributed by atoms with Crippen molar-refractivity contribution in [2.45, 2.75) is 57.3 Å². The van der Waals surface area contributed by atoms with Crippen LogP contribution in [0.15, 0.2) is 42.5 Å². The summed E-state index contributed by atoms with van der Waals surface area (Å²) in [5.41, 5.74) is 3.01. The molecule has 0 radical (unpaired) electrons. The van der Waals surface area contributed by atoms with E-state index in [1.165, 1.54) is 12.5 Å². The van der Waals surface area contributed by atoms with Gasteiger partial charge in [0.25, 0.3) is 5.91 Å². The highest BCUT2D eigenvalue weighted by Gasteiger charge is 2.61. The molecule has 0 bridgehead atoms. The number of carbonyl (C=O) groups is 1. The van der Waals surface area contributed by atoms with Crippen LogP contribution < -0.4 is 4.72 Å². The van der Waals surface area contributed by atoms with Crippen molar-refractivity contribution < 1.29 is 17.6 Å². The van der Waals surface area contributed by atoms with E-state index in [-0.39, 0.29) is 5.41 Å². The Bertz CT molecular complexity index is 995. The Kier molecular flexibility index (Phi) is 5.62. The summed E-state index contributed by atoms with van der Waals surface area (Å²) < 4.78 is 40.9. The third-order valence-electron chi connectivity index (χ3n) is 6.49. The molecule has 1 aromatic rings. The number of carbonyl (C=O) groups excluding carboxylic acids is 1. The number of sulfonamides is 1. The molecule has 30 heavy (non-hydrogen) atoms. The first-order valence-corrected chi connectivity index (χ1v) is 12.5. The highest BCUT2D eigenvalue weighted by molar-refractivity contribution is 7.88. The van der Waals surface area contributed by atoms with Gasteiger partial charge in [0.15, 0.2) is 6.17 Å². The van der Waals surface area contributed by atoms with Crippen molar-refractivity contribution in [3.05, 3.63) is 53.6 Å². The molecule has 1 saturated carbocycles. The molecule has 1 aliphatic heterocycles. The summed E-state index contributed by atoms with van der Waals surface area (Å²) in [5.74, 6) is -0.557. The minimum absolute atomic E-state index is 0.273. The van der Waals surface area contributed by atoms with Crippen LogP contribution in [0.1, 0.15) is 43.7 Å². The number of amides is 1. The molecule has 3 unspecified atom stereocenters. The average molecular weight is 433 g/mol. The zero-order valence-corrected chi connectivity index (χ0v) is 18.3. The van der Waals surface area contributed by atoms with Crippen molar-refractivity contribution in [1.82, 2.24) is 9.62 Å². The topological polar surface area (TPSA) is 66.5 Å². The van der Waals surface area contributed by atoms with Crippen molar-refractivity contribution >= 4 is 21.5 Å². The van der Waals surface area contributed by atoms with Gasteiger partial charge in [-0.1, -0.05) is 42.5 Å². The van der Waals surface area contributed by atoms with Gasteiger partial charge in [0.1, 0.15) is 0 Å². The van der Waals surface area contributed by atoms with Gasteiger partial charge in [0, 0.05) is 18.0 Å². The fourth-order valence-corrected chi connectivity index (χ4v) is 5.72. The van der Waals surface area contributed by atoms with Crippen LogP contribution in [0.3, 0.4) is 0 Å². The molecule has 1 heterocycles. The minimum Gasteiger partial charge on any atom is -0.335 e. The number of likely N-dealkylation sites (tertiary alicyclic amines) is 1. The predicted molar refractivity (Wildman–Crippen MR) is 116 cm³/mol. The number of nitrogens with one attached hydrogen (secondary N) is 1. The molecule has 1 aromatic carbocycles. The summed E-state index contributed by atoms with van der Waals surface area (Å²) in [7, 11) is -3.46. The van der Waals surface area contributed by atoms with E-state index in [2.05, 4.69) is 35.1 Å². The molecule has 3 atom stereocenters. The fraction of sp³-hybridized carbons (Fsp3) is 0.522. The number of alkyl halides is 1. The van der Waals surface area contributed by atoms with Crippen LogP contribution >= 0.6 is 0 Å². The second-order valence-electron chi connectivity index (χ2n) is 8.92. The molecule has 162 valence electrons. The molecule has 0 aromatic heterocycles. The highest BCUT2D eigenvalue weighted by atomic mass is 32.2. The van der Waals surface area contributed by atoms with Crippen molar-refractivity contribution in [3.63, 3.8) is 0 Å². The number of allylic oxidation sites excluding steroid dienone is 4. The normalized spacial score (nSPS) is 26.0. The smallest absolute Gasteiger partial charge is 0.257 e.